The number of carbonyl (C=O) groups is 4. The predicted molar refractivity (Wildman–Crippen MR) is 44.6 cm³/mol. The van der Waals surface area contributed by atoms with Crippen molar-refractivity contribution in [1.82, 2.24) is 0 Å². The fraction of sp³-hybridized carbons (Fsp3) is 0. The van der Waals surface area contributed by atoms with Crippen LogP contribution in [0.5, 0.6) is 0 Å². The van der Waals surface area contributed by atoms with Crippen molar-refractivity contribution >= 4 is 33.1 Å². The Morgan fingerprint density at radius 2 is 0.750 bits per heavy atom. The van der Waals surface area contributed by atoms with Crippen LogP contribution in [0.3, 0.4) is 0 Å². The summed E-state index contributed by atoms with van der Waals surface area (Å²) in [6.45, 7) is 8.00. The number of nitrogens with one attached hydrogen (secondary N) is 1. The molecule has 0 saturated carbocycles. The SMILES string of the molecule is C=O.C=O.C=O.C=O.N=C(N)N. The molecule has 0 aromatic rings. The zero-order valence-corrected chi connectivity index (χ0v) is 6.62. The van der Waals surface area contributed by atoms with Crippen molar-refractivity contribution < 1.29 is 19.2 Å². The summed E-state index contributed by atoms with van der Waals surface area (Å²) < 4.78 is 0. The Hall–Kier alpha value is -2.05. The lowest BCUT2D eigenvalue weighted by Gasteiger charge is -1.69. The van der Waals surface area contributed by atoms with Gasteiger partial charge >= 0.3 is 0 Å². The molecule has 0 spiro atoms. The quantitative estimate of drug-likeness (QED) is 0.292. The van der Waals surface area contributed by atoms with Crippen LogP contribution in [0.15, 0.2) is 0 Å². The molecule has 5 N–H and O–H groups in total. The summed E-state index contributed by atoms with van der Waals surface area (Å²) >= 11 is 0. The van der Waals surface area contributed by atoms with E-state index in [1.165, 1.54) is 0 Å². The van der Waals surface area contributed by atoms with E-state index in [0.29, 0.717) is 0 Å². The smallest absolute Gasteiger partial charge is 0.183 e. The van der Waals surface area contributed by atoms with E-state index in [1.54, 1.807) is 0 Å². The molecule has 0 rings (SSSR count). The van der Waals surface area contributed by atoms with Crippen molar-refractivity contribution in [3.63, 3.8) is 0 Å². The van der Waals surface area contributed by atoms with Crippen molar-refractivity contribution in [2.45, 2.75) is 0 Å². The average molecular weight is 179 g/mol. The first-order valence-corrected chi connectivity index (χ1v) is 1.98. The van der Waals surface area contributed by atoms with Crippen LogP contribution in [0.1, 0.15) is 0 Å². The highest BCUT2D eigenvalue weighted by molar-refractivity contribution is 5.71. The van der Waals surface area contributed by atoms with Crippen LogP contribution in [0.2, 0.25) is 0 Å². The van der Waals surface area contributed by atoms with Gasteiger partial charge in [-0.1, -0.05) is 0 Å². The average Bonchev–Trinajstić information content (AvgIpc) is 2.16. The van der Waals surface area contributed by atoms with Crippen LogP contribution in [0.25, 0.3) is 0 Å². The first-order chi connectivity index (χ1) is 5.73. The van der Waals surface area contributed by atoms with E-state index >= 15 is 0 Å². The summed E-state index contributed by atoms with van der Waals surface area (Å²) in [7, 11) is 0. The maximum atomic E-state index is 8.00. The van der Waals surface area contributed by atoms with E-state index in [1.807, 2.05) is 27.2 Å². The van der Waals surface area contributed by atoms with Gasteiger partial charge in [0.05, 0.1) is 0 Å². The number of hydrogen-bond donors (Lipinski definition) is 3. The molecule has 7 nitrogen and oxygen atoms in total. The molecule has 0 bridgehead atoms. The predicted octanol–water partition coefficient (Wildman–Crippen LogP) is -1.90. The minimum atomic E-state index is -0.333. The number of nitrogens with two attached hydrogens (primary N) is 2. The van der Waals surface area contributed by atoms with E-state index in [4.69, 9.17) is 24.6 Å². The minimum Gasteiger partial charge on any atom is -0.370 e. The summed E-state index contributed by atoms with van der Waals surface area (Å²) in [5, 5.41) is 6.06. The molecule has 0 unspecified atom stereocenters. The second-order valence-electron chi connectivity index (χ2n) is 0.455. The third kappa shape index (κ3) is 91.4. The largest absolute Gasteiger partial charge is 0.370 e. The van der Waals surface area contributed by atoms with Gasteiger partial charge in [0.15, 0.2) is 5.96 Å². The molecule has 7 heteroatoms. The number of rotatable bonds is 0. The molecule has 0 aliphatic heterocycles. The van der Waals surface area contributed by atoms with Crippen molar-refractivity contribution in [2.75, 3.05) is 0 Å². The highest BCUT2D eigenvalue weighted by atomic mass is 16.1. The molecule has 72 valence electrons. The lowest BCUT2D eigenvalue weighted by Crippen LogP contribution is -2.20. The van der Waals surface area contributed by atoms with Gasteiger partial charge in [0, 0.05) is 0 Å². The Balaban J connectivity index is -0.0000000181. The number of guanidine groups is 1. The Kier molecular flexibility index (Phi) is 1700. The molecule has 0 aliphatic carbocycles. The Morgan fingerprint density at radius 1 is 0.750 bits per heavy atom. The fourth-order valence-electron chi connectivity index (χ4n) is 0. The summed E-state index contributed by atoms with van der Waals surface area (Å²) in [6, 6.07) is 0. The highest BCUT2D eigenvalue weighted by Crippen LogP contribution is 1.13. The Bertz CT molecular complexity index is 69.1. The summed E-state index contributed by atoms with van der Waals surface area (Å²) in [5.41, 5.74) is 8.94. The van der Waals surface area contributed by atoms with Crippen molar-refractivity contribution in [2.24, 2.45) is 11.5 Å². The van der Waals surface area contributed by atoms with Crippen LogP contribution < -0.4 is 11.5 Å². The first-order valence-electron chi connectivity index (χ1n) is 1.98. The molecular formula is C5H13N3O4. The molecule has 0 amide bonds. The van der Waals surface area contributed by atoms with Gasteiger partial charge in [-0.15, -0.1) is 0 Å². The van der Waals surface area contributed by atoms with E-state index in [2.05, 4.69) is 11.5 Å². The molecule has 0 radical (unpaired) electrons. The lowest BCUT2D eigenvalue weighted by atomic mass is 11.1. The second-order valence-corrected chi connectivity index (χ2v) is 0.455. The third-order valence-corrected chi connectivity index (χ3v) is 0. The van der Waals surface area contributed by atoms with Crippen molar-refractivity contribution in [3.05, 3.63) is 0 Å². The topological polar surface area (TPSA) is 144 Å². The van der Waals surface area contributed by atoms with E-state index in [-0.39, 0.29) is 5.96 Å². The summed E-state index contributed by atoms with van der Waals surface area (Å²) in [6.07, 6.45) is 0. The molecule has 0 atom stereocenters. The van der Waals surface area contributed by atoms with Crippen LogP contribution in [0, 0.1) is 5.41 Å². The molecular weight excluding hydrogens is 166 g/mol. The Morgan fingerprint density at radius 3 is 0.750 bits per heavy atom. The monoisotopic (exact) mass is 179 g/mol. The van der Waals surface area contributed by atoms with E-state index < -0.39 is 0 Å². The fourth-order valence-corrected chi connectivity index (χ4v) is 0. The molecule has 0 heterocycles. The molecule has 12 heavy (non-hydrogen) atoms. The van der Waals surface area contributed by atoms with E-state index in [9.17, 15) is 0 Å². The van der Waals surface area contributed by atoms with Gasteiger partial charge in [0.1, 0.15) is 27.2 Å². The zero-order chi connectivity index (χ0) is 11.6. The van der Waals surface area contributed by atoms with Gasteiger partial charge in [-0.05, 0) is 0 Å². The van der Waals surface area contributed by atoms with E-state index in [0.717, 1.165) is 0 Å². The molecule has 0 saturated heterocycles. The number of carbonyl (C=O) groups excluding carboxylic acids is 4. The Labute approximate surface area is 70.2 Å². The van der Waals surface area contributed by atoms with Gasteiger partial charge in [0.2, 0.25) is 0 Å². The minimum absolute atomic E-state index is 0.333. The summed E-state index contributed by atoms with van der Waals surface area (Å²) in [5.74, 6) is -0.333. The van der Waals surface area contributed by atoms with Crippen LogP contribution >= 0.6 is 0 Å². The van der Waals surface area contributed by atoms with Crippen molar-refractivity contribution in [1.29, 1.82) is 5.41 Å². The molecule has 0 aromatic carbocycles. The van der Waals surface area contributed by atoms with Gasteiger partial charge in [0.25, 0.3) is 0 Å². The maximum Gasteiger partial charge on any atom is 0.183 e. The molecule has 0 aromatic heterocycles. The lowest BCUT2D eigenvalue weighted by molar-refractivity contribution is -0.0987. The van der Waals surface area contributed by atoms with Gasteiger partial charge in [-0.3, -0.25) is 5.41 Å². The summed E-state index contributed by atoms with van der Waals surface area (Å²) in [4.78, 5) is 32.0. The van der Waals surface area contributed by atoms with Crippen LogP contribution in [-0.4, -0.2) is 33.1 Å². The van der Waals surface area contributed by atoms with Gasteiger partial charge in [-0.2, -0.15) is 0 Å². The normalized spacial score (nSPS) is 3.33. The first kappa shape index (κ1) is 32.5. The standard InChI is InChI=1S/CH5N3.4CH2O/c2-1(3)4;4*1-2/h(H5,2,3,4);4*1H2. The number of hydrogen-bond acceptors (Lipinski definition) is 5. The van der Waals surface area contributed by atoms with Gasteiger partial charge < -0.3 is 30.6 Å². The second kappa shape index (κ2) is 627. The van der Waals surface area contributed by atoms with Crippen molar-refractivity contribution in [3.8, 4) is 0 Å². The van der Waals surface area contributed by atoms with Gasteiger partial charge in [-0.25, -0.2) is 0 Å². The zero-order valence-electron chi connectivity index (χ0n) is 6.62. The molecule has 0 aliphatic rings. The van der Waals surface area contributed by atoms with Crippen LogP contribution in [-0.2, 0) is 19.2 Å². The molecule has 0 fully saturated rings. The maximum absolute atomic E-state index is 8.00. The third-order valence-electron chi connectivity index (χ3n) is 0. The highest BCUT2D eigenvalue weighted by Gasteiger charge is 1.52. The van der Waals surface area contributed by atoms with Crippen LogP contribution in [0.4, 0.5) is 0 Å².